The van der Waals surface area contributed by atoms with Crippen LogP contribution in [0.4, 0.5) is 0 Å². The fourth-order valence-electron chi connectivity index (χ4n) is 3.90. The van der Waals surface area contributed by atoms with E-state index >= 15 is 0 Å². The lowest BCUT2D eigenvalue weighted by Gasteiger charge is -2.34. The summed E-state index contributed by atoms with van der Waals surface area (Å²) in [5.74, 6) is -0.309. The maximum Gasteiger partial charge on any atom is 0.328 e. The van der Waals surface area contributed by atoms with E-state index in [0.29, 0.717) is 42.6 Å². The Labute approximate surface area is 156 Å². The lowest BCUT2D eigenvalue weighted by atomic mass is 9.68. The molecule has 2 aromatic rings. The molecular weight excluding hydrogens is 356 g/mol. The Hall–Kier alpha value is -2.08. The molecule has 0 saturated carbocycles. The molecule has 0 aliphatic heterocycles. The van der Waals surface area contributed by atoms with E-state index in [1.807, 2.05) is 6.07 Å². The molecule has 1 aliphatic carbocycles. The van der Waals surface area contributed by atoms with Gasteiger partial charge in [0, 0.05) is 25.5 Å². The number of esters is 1. The second kappa shape index (κ2) is 6.91. The molecule has 1 unspecified atom stereocenters. The predicted octanol–water partition coefficient (Wildman–Crippen LogP) is 2.57. The highest BCUT2D eigenvalue weighted by Gasteiger charge is 2.49. The van der Waals surface area contributed by atoms with Crippen molar-refractivity contribution in [3.05, 3.63) is 33.7 Å². The van der Waals surface area contributed by atoms with Crippen LogP contribution >= 0.6 is 11.6 Å². The van der Waals surface area contributed by atoms with Gasteiger partial charge in [0.05, 0.1) is 17.6 Å². The van der Waals surface area contributed by atoms with E-state index in [2.05, 4.69) is 0 Å². The summed E-state index contributed by atoms with van der Waals surface area (Å²) in [6, 6.07) is 3.63. The lowest BCUT2D eigenvalue weighted by molar-refractivity contribution is -0.153. The number of nitrogens with zero attached hydrogens (tertiary/aromatic N) is 2. The number of alkyl halides is 1. The van der Waals surface area contributed by atoms with E-state index in [1.165, 1.54) is 4.57 Å². The number of halogens is 1. The van der Waals surface area contributed by atoms with E-state index < -0.39 is 11.4 Å². The molecule has 3 rings (SSSR count). The molecule has 0 fully saturated rings. The summed E-state index contributed by atoms with van der Waals surface area (Å²) < 4.78 is 8.33. The van der Waals surface area contributed by atoms with Crippen LogP contribution in [0.5, 0.6) is 0 Å². The van der Waals surface area contributed by atoms with Gasteiger partial charge in [-0.15, -0.1) is 11.6 Å². The zero-order valence-electron chi connectivity index (χ0n) is 15.3. The summed E-state index contributed by atoms with van der Waals surface area (Å²) >= 11 is 5.83. The van der Waals surface area contributed by atoms with Gasteiger partial charge in [0.1, 0.15) is 5.41 Å². The van der Waals surface area contributed by atoms with Gasteiger partial charge >= 0.3 is 11.7 Å². The number of ketones is 1. The Morgan fingerprint density at radius 2 is 1.88 bits per heavy atom. The third-order valence-corrected chi connectivity index (χ3v) is 5.67. The normalized spacial score (nSPS) is 19.6. The molecule has 0 spiro atoms. The summed E-state index contributed by atoms with van der Waals surface area (Å²) in [7, 11) is 3.39. The van der Waals surface area contributed by atoms with Crippen molar-refractivity contribution in [2.45, 2.75) is 32.6 Å². The highest BCUT2D eigenvalue weighted by Crippen LogP contribution is 2.41. The second-order valence-corrected chi connectivity index (χ2v) is 7.20. The SMILES string of the molecule is CCOC(=O)C1(CCCCl)CCc2cc3c(cc2C1=O)n(C)c(=O)n3C. The third kappa shape index (κ3) is 2.67. The summed E-state index contributed by atoms with van der Waals surface area (Å²) in [6.45, 7) is 1.96. The Bertz CT molecular complexity index is 943. The van der Waals surface area contributed by atoms with Gasteiger partial charge in [-0.3, -0.25) is 18.7 Å². The Kier molecular flexibility index (Phi) is 4.97. The van der Waals surface area contributed by atoms with Crippen molar-refractivity contribution < 1.29 is 14.3 Å². The molecule has 140 valence electrons. The van der Waals surface area contributed by atoms with Crippen molar-refractivity contribution >= 4 is 34.4 Å². The number of hydrogen-bond donors (Lipinski definition) is 0. The van der Waals surface area contributed by atoms with Crippen molar-refractivity contribution in [1.29, 1.82) is 0 Å². The number of rotatable bonds is 5. The molecule has 1 heterocycles. The molecule has 1 aliphatic rings. The molecule has 26 heavy (non-hydrogen) atoms. The molecule has 0 amide bonds. The van der Waals surface area contributed by atoms with Crippen LogP contribution in [0.3, 0.4) is 0 Å². The summed E-state index contributed by atoms with van der Waals surface area (Å²) in [5, 5.41) is 0. The maximum absolute atomic E-state index is 13.4. The number of aryl methyl sites for hydroxylation is 3. The van der Waals surface area contributed by atoms with Gasteiger partial charge in [-0.1, -0.05) is 0 Å². The standard InChI is InChI=1S/C19H23ClN2O4/c1-4-26-17(24)19(7-5-9-20)8-6-12-10-14-15(11-13(12)16(19)23)22(3)18(25)21(14)2/h10-11H,4-9H2,1-3H3. The van der Waals surface area contributed by atoms with Crippen LogP contribution < -0.4 is 5.69 Å². The van der Waals surface area contributed by atoms with Gasteiger partial charge in [0.25, 0.3) is 0 Å². The number of aromatic nitrogens is 2. The zero-order chi connectivity index (χ0) is 19.1. The molecular formula is C19H23ClN2O4. The molecule has 6 nitrogen and oxygen atoms in total. The van der Waals surface area contributed by atoms with Crippen molar-refractivity contribution in [3.63, 3.8) is 0 Å². The first-order valence-electron chi connectivity index (χ1n) is 8.83. The van der Waals surface area contributed by atoms with Crippen molar-refractivity contribution in [3.8, 4) is 0 Å². The van der Waals surface area contributed by atoms with Crippen LogP contribution in [0.1, 0.15) is 42.1 Å². The third-order valence-electron chi connectivity index (χ3n) is 5.40. The van der Waals surface area contributed by atoms with Crippen molar-refractivity contribution in [1.82, 2.24) is 9.13 Å². The summed E-state index contributed by atoms with van der Waals surface area (Å²) in [6.07, 6.45) is 1.93. The number of carbonyl (C=O) groups excluding carboxylic acids is 2. The van der Waals surface area contributed by atoms with Crippen LogP contribution in [-0.4, -0.2) is 33.4 Å². The van der Waals surface area contributed by atoms with Crippen LogP contribution in [0.15, 0.2) is 16.9 Å². The first-order chi connectivity index (χ1) is 12.4. The molecule has 0 saturated heterocycles. The highest BCUT2D eigenvalue weighted by molar-refractivity contribution is 6.18. The fourth-order valence-corrected chi connectivity index (χ4v) is 4.03. The summed E-state index contributed by atoms with van der Waals surface area (Å²) in [4.78, 5) is 38.3. The van der Waals surface area contributed by atoms with Crippen LogP contribution in [0, 0.1) is 5.41 Å². The molecule has 0 N–H and O–H groups in total. The van der Waals surface area contributed by atoms with Crippen molar-refractivity contribution in [2.75, 3.05) is 12.5 Å². The minimum Gasteiger partial charge on any atom is -0.465 e. The van der Waals surface area contributed by atoms with Gasteiger partial charge in [-0.2, -0.15) is 0 Å². The number of Topliss-reactive ketones (excluding diaryl/α,β-unsaturated/α-hetero) is 1. The average Bonchev–Trinajstić information content (AvgIpc) is 2.84. The summed E-state index contributed by atoms with van der Waals surface area (Å²) in [5.41, 5.74) is 1.52. The fraction of sp³-hybridized carbons (Fsp3) is 0.526. The van der Waals surface area contributed by atoms with E-state index in [1.54, 1.807) is 31.7 Å². The minimum atomic E-state index is -1.18. The Morgan fingerprint density at radius 3 is 2.50 bits per heavy atom. The molecule has 0 bridgehead atoms. The van der Waals surface area contributed by atoms with Crippen LogP contribution in [-0.2, 0) is 30.0 Å². The van der Waals surface area contributed by atoms with E-state index in [9.17, 15) is 14.4 Å². The van der Waals surface area contributed by atoms with Crippen LogP contribution in [0.2, 0.25) is 0 Å². The molecule has 1 atom stereocenters. The zero-order valence-corrected chi connectivity index (χ0v) is 16.1. The van der Waals surface area contributed by atoms with E-state index in [4.69, 9.17) is 16.3 Å². The van der Waals surface area contributed by atoms with Crippen LogP contribution in [0.25, 0.3) is 11.0 Å². The van der Waals surface area contributed by atoms with E-state index in [-0.39, 0.29) is 18.1 Å². The lowest BCUT2D eigenvalue weighted by Crippen LogP contribution is -2.44. The van der Waals surface area contributed by atoms with Gasteiger partial charge < -0.3 is 4.74 Å². The molecule has 1 aromatic heterocycles. The van der Waals surface area contributed by atoms with Crippen molar-refractivity contribution in [2.24, 2.45) is 19.5 Å². The molecule has 0 radical (unpaired) electrons. The maximum atomic E-state index is 13.4. The largest absolute Gasteiger partial charge is 0.465 e. The smallest absolute Gasteiger partial charge is 0.328 e. The topological polar surface area (TPSA) is 70.3 Å². The number of fused-ring (bicyclic) bond motifs is 2. The van der Waals surface area contributed by atoms with Gasteiger partial charge in [-0.25, -0.2) is 4.79 Å². The first-order valence-corrected chi connectivity index (χ1v) is 9.37. The first kappa shape index (κ1) is 18.7. The predicted molar refractivity (Wildman–Crippen MR) is 99.8 cm³/mol. The molecule has 7 heteroatoms. The average molecular weight is 379 g/mol. The number of benzene rings is 1. The Balaban J connectivity index is 2.15. The second-order valence-electron chi connectivity index (χ2n) is 6.82. The number of carbonyl (C=O) groups is 2. The van der Waals surface area contributed by atoms with Gasteiger partial charge in [-0.05, 0) is 50.3 Å². The Morgan fingerprint density at radius 1 is 1.23 bits per heavy atom. The quantitative estimate of drug-likeness (QED) is 0.455. The number of hydrogen-bond acceptors (Lipinski definition) is 4. The number of ether oxygens (including phenoxy) is 1. The van der Waals surface area contributed by atoms with Gasteiger partial charge in [0.15, 0.2) is 5.78 Å². The minimum absolute atomic E-state index is 0.145. The highest BCUT2D eigenvalue weighted by atomic mass is 35.5. The number of imidazole rings is 1. The monoisotopic (exact) mass is 378 g/mol. The van der Waals surface area contributed by atoms with Gasteiger partial charge in [0.2, 0.25) is 0 Å². The van der Waals surface area contributed by atoms with E-state index in [0.717, 1.165) is 11.1 Å². The molecule has 1 aromatic carbocycles.